The maximum absolute atomic E-state index is 11.9. The van der Waals surface area contributed by atoms with E-state index >= 15 is 0 Å². The summed E-state index contributed by atoms with van der Waals surface area (Å²) in [5.41, 5.74) is 1.17. The third-order valence-electron chi connectivity index (χ3n) is 3.72. The van der Waals surface area contributed by atoms with E-state index in [-0.39, 0.29) is 11.5 Å². The molecule has 1 aliphatic rings. The molecule has 0 aromatic heterocycles. The Morgan fingerprint density at radius 2 is 1.90 bits per heavy atom. The van der Waals surface area contributed by atoms with E-state index in [2.05, 4.69) is 13.0 Å². The maximum atomic E-state index is 11.9. The third kappa shape index (κ3) is 2.72. The molecule has 1 aromatic rings. The molecule has 1 aliphatic heterocycles. The summed E-state index contributed by atoms with van der Waals surface area (Å²) < 4.78 is 5.25. The van der Waals surface area contributed by atoms with Crippen LogP contribution in [0.2, 0.25) is 0 Å². The Morgan fingerprint density at radius 3 is 2.55 bits per heavy atom. The zero-order valence-corrected chi connectivity index (χ0v) is 12.9. The van der Waals surface area contributed by atoms with Crippen molar-refractivity contribution in [2.75, 3.05) is 6.61 Å². The number of carbonyl (C=O) groups is 1. The molecule has 0 unspecified atom stereocenters. The van der Waals surface area contributed by atoms with Crippen LogP contribution in [-0.2, 0) is 21.0 Å². The molecule has 1 saturated heterocycles. The summed E-state index contributed by atoms with van der Waals surface area (Å²) in [7, 11) is 0. The van der Waals surface area contributed by atoms with Crippen molar-refractivity contribution in [2.24, 2.45) is 0 Å². The first kappa shape index (κ1) is 15.0. The molecule has 0 atom stereocenters. The second-order valence-corrected chi connectivity index (χ2v) is 6.44. The number of ether oxygens (including phenoxy) is 1. The number of benzene rings is 1. The molecule has 0 aliphatic carbocycles. The zero-order chi connectivity index (χ0) is 15.0. The first-order valence-electron chi connectivity index (χ1n) is 6.90. The normalized spacial score (nSPS) is 21.6. The van der Waals surface area contributed by atoms with Crippen molar-refractivity contribution in [3.05, 3.63) is 35.4 Å². The SMILES string of the molecule is Cc1ccccc1CON1C(C)(C)COC(=O)C1(C)C. The lowest BCUT2D eigenvalue weighted by atomic mass is 9.94. The van der Waals surface area contributed by atoms with Crippen molar-refractivity contribution in [1.82, 2.24) is 5.06 Å². The second-order valence-electron chi connectivity index (χ2n) is 6.44. The molecule has 4 nitrogen and oxygen atoms in total. The lowest BCUT2D eigenvalue weighted by molar-refractivity contribution is -0.298. The van der Waals surface area contributed by atoms with Crippen LogP contribution in [0.1, 0.15) is 38.8 Å². The number of morpholine rings is 1. The Bertz CT molecular complexity index is 508. The number of aryl methyl sites for hydroxylation is 1. The van der Waals surface area contributed by atoms with E-state index in [9.17, 15) is 4.79 Å². The minimum absolute atomic E-state index is 0.249. The summed E-state index contributed by atoms with van der Waals surface area (Å²) in [6.45, 7) is 10.5. The van der Waals surface area contributed by atoms with Gasteiger partial charge in [-0.05, 0) is 45.7 Å². The Labute approximate surface area is 120 Å². The molecular formula is C16H23NO3. The van der Waals surface area contributed by atoms with Crippen LogP contribution in [0, 0.1) is 6.92 Å². The maximum Gasteiger partial charge on any atom is 0.328 e. The number of hydrogen-bond acceptors (Lipinski definition) is 4. The number of carbonyl (C=O) groups excluding carboxylic acids is 1. The predicted molar refractivity (Wildman–Crippen MR) is 76.9 cm³/mol. The molecule has 1 fully saturated rings. The van der Waals surface area contributed by atoms with E-state index in [1.165, 1.54) is 5.56 Å². The number of hydrogen-bond donors (Lipinski definition) is 0. The predicted octanol–water partition coefficient (Wildman–Crippen LogP) is 2.84. The average Bonchev–Trinajstić information content (AvgIpc) is 2.36. The zero-order valence-electron chi connectivity index (χ0n) is 12.9. The van der Waals surface area contributed by atoms with Gasteiger partial charge in [-0.3, -0.25) is 4.84 Å². The number of esters is 1. The summed E-state index contributed by atoms with van der Waals surface area (Å²) in [6.07, 6.45) is 0. The molecule has 0 amide bonds. The van der Waals surface area contributed by atoms with E-state index in [0.717, 1.165) is 5.56 Å². The van der Waals surface area contributed by atoms with Crippen molar-refractivity contribution in [1.29, 1.82) is 0 Å². The van der Waals surface area contributed by atoms with Crippen LogP contribution in [0.25, 0.3) is 0 Å². The lowest BCUT2D eigenvalue weighted by Crippen LogP contribution is -2.65. The van der Waals surface area contributed by atoms with Crippen LogP contribution in [0.4, 0.5) is 0 Å². The first-order chi connectivity index (χ1) is 9.25. The summed E-state index contributed by atoms with van der Waals surface area (Å²) >= 11 is 0. The first-order valence-corrected chi connectivity index (χ1v) is 6.90. The molecule has 110 valence electrons. The van der Waals surface area contributed by atoms with Crippen LogP contribution in [0.5, 0.6) is 0 Å². The van der Waals surface area contributed by atoms with Gasteiger partial charge in [0.2, 0.25) is 0 Å². The lowest BCUT2D eigenvalue weighted by Gasteiger charge is -2.48. The number of rotatable bonds is 3. The Kier molecular flexibility index (Phi) is 3.89. The fourth-order valence-electron chi connectivity index (χ4n) is 2.56. The molecule has 4 heteroatoms. The van der Waals surface area contributed by atoms with Gasteiger partial charge >= 0.3 is 5.97 Å². The van der Waals surface area contributed by atoms with E-state index in [1.807, 2.05) is 45.9 Å². The van der Waals surface area contributed by atoms with Gasteiger partial charge in [-0.15, -0.1) is 0 Å². The van der Waals surface area contributed by atoms with Crippen LogP contribution in [-0.4, -0.2) is 28.7 Å². The Balaban J connectivity index is 2.17. The average molecular weight is 277 g/mol. The van der Waals surface area contributed by atoms with Gasteiger partial charge in [0.05, 0.1) is 12.1 Å². The Hall–Kier alpha value is -1.39. The smallest absolute Gasteiger partial charge is 0.328 e. The van der Waals surface area contributed by atoms with Crippen LogP contribution in [0.15, 0.2) is 24.3 Å². The standard InChI is InChI=1S/C16H23NO3/c1-12-8-6-7-9-13(12)10-20-17-15(2,3)11-19-14(18)16(17,4)5/h6-9H,10-11H2,1-5H3. The summed E-state index contributed by atoms with van der Waals surface area (Å²) in [5.74, 6) is -0.249. The number of hydroxylamine groups is 2. The van der Waals surface area contributed by atoms with Crippen LogP contribution < -0.4 is 0 Å². The summed E-state index contributed by atoms with van der Waals surface area (Å²) in [6, 6.07) is 8.09. The monoisotopic (exact) mass is 277 g/mol. The topological polar surface area (TPSA) is 38.8 Å². The largest absolute Gasteiger partial charge is 0.462 e. The van der Waals surface area contributed by atoms with Crippen molar-refractivity contribution in [3.8, 4) is 0 Å². The molecule has 0 bridgehead atoms. The minimum atomic E-state index is -0.787. The third-order valence-corrected chi connectivity index (χ3v) is 3.72. The molecule has 0 N–H and O–H groups in total. The fourth-order valence-corrected chi connectivity index (χ4v) is 2.56. The fraction of sp³-hybridized carbons (Fsp3) is 0.562. The highest BCUT2D eigenvalue weighted by Gasteiger charge is 2.50. The van der Waals surface area contributed by atoms with E-state index in [1.54, 1.807) is 5.06 Å². The molecule has 2 rings (SSSR count). The second kappa shape index (κ2) is 5.19. The number of nitrogens with zero attached hydrogens (tertiary/aromatic N) is 1. The van der Waals surface area contributed by atoms with Crippen molar-refractivity contribution in [3.63, 3.8) is 0 Å². The molecule has 0 spiro atoms. The van der Waals surface area contributed by atoms with Crippen LogP contribution in [0.3, 0.4) is 0 Å². The van der Waals surface area contributed by atoms with Gasteiger partial charge in [0.1, 0.15) is 12.1 Å². The van der Waals surface area contributed by atoms with Crippen LogP contribution >= 0.6 is 0 Å². The molecule has 0 saturated carbocycles. The van der Waals surface area contributed by atoms with Gasteiger partial charge in [0.15, 0.2) is 0 Å². The summed E-state index contributed by atoms with van der Waals surface area (Å²) in [5, 5.41) is 1.78. The number of cyclic esters (lactones) is 1. The van der Waals surface area contributed by atoms with Gasteiger partial charge in [-0.2, -0.15) is 5.06 Å². The molecule has 20 heavy (non-hydrogen) atoms. The van der Waals surface area contributed by atoms with Gasteiger partial charge in [-0.1, -0.05) is 24.3 Å². The van der Waals surface area contributed by atoms with Gasteiger partial charge in [0.25, 0.3) is 0 Å². The summed E-state index contributed by atoms with van der Waals surface area (Å²) in [4.78, 5) is 17.9. The van der Waals surface area contributed by atoms with Crippen molar-refractivity contribution in [2.45, 2.75) is 52.3 Å². The highest BCUT2D eigenvalue weighted by Crippen LogP contribution is 2.32. The van der Waals surface area contributed by atoms with Gasteiger partial charge in [-0.25, -0.2) is 4.79 Å². The van der Waals surface area contributed by atoms with Gasteiger partial charge < -0.3 is 4.74 Å². The minimum Gasteiger partial charge on any atom is -0.462 e. The molecule has 1 aromatic carbocycles. The quantitative estimate of drug-likeness (QED) is 0.796. The van der Waals surface area contributed by atoms with Gasteiger partial charge in [0, 0.05) is 0 Å². The van der Waals surface area contributed by atoms with E-state index in [4.69, 9.17) is 9.57 Å². The van der Waals surface area contributed by atoms with Crippen molar-refractivity contribution < 1.29 is 14.4 Å². The Morgan fingerprint density at radius 1 is 1.25 bits per heavy atom. The van der Waals surface area contributed by atoms with E-state index < -0.39 is 5.54 Å². The van der Waals surface area contributed by atoms with Crippen molar-refractivity contribution >= 4 is 5.97 Å². The highest BCUT2D eigenvalue weighted by atomic mass is 16.7. The highest BCUT2D eigenvalue weighted by molar-refractivity contribution is 5.80. The molecular weight excluding hydrogens is 254 g/mol. The molecule has 1 heterocycles. The molecule has 0 radical (unpaired) electrons. The van der Waals surface area contributed by atoms with E-state index in [0.29, 0.717) is 13.2 Å².